The first kappa shape index (κ1) is 8.65. The molecule has 1 aromatic rings. The summed E-state index contributed by atoms with van der Waals surface area (Å²) in [5.41, 5.74) is 3.52. The summed E-state index contributed by atoms with van der Waals surface area (Å²) in [5, 5.41) is 0. The van der Waals surface area contributed by atoms with Crippen LogP contribution in [0.4, 0.5) is 0 Å². The van der Waals surface area contributed by atoms with E-state index in [0.29, 0.717) is 0 Å². The molecule has 0 fully saturated rings. The lowest BCUT2D eigenvalue weighted by Gasteiger charge is -2.00. The van der Waals surface area contributed by atoms with Gasteiger partial charge in [0, 0.05) is 0 Å². The Bertz CT molecular complexity index is 276. The predicted molar refractivity (Wildman–Crippen MR) is 51.4 cm³/mol. The molecule has 0 bridgehead atoms. The Morgan fingerprint density at radius 2 is 1.33 bits per heavy atom. The van der Waals surface area contributed by atoms with Gasteiger partial charge in [-0.1, -0.05) is 13.2 Å². The topological polar surface area (TPSA) is 25.8 Å². The van der Waals surface area contributed by atoms with Crippen LogP contribution in [0.5, 0.6) is 0 Å². The van der Waals surface area contributed by atoms with E-state index < -0.39 is 0 Å². The summed E-state index contributed by atoms with van der Waals surface area (Å²) in [6.45, 7) is 11.4. The van der Waals surface area contributed by atoms with Crippen molar-refractivity contribution in [2.24, 2.45) is 0 Å². The van der Waals surface area contributed by atoms with E-state index in [4.69, 9.17) is 0 Å². The van der Waals surface area contributed by atoms with Crippen molar-refractivity contribution >= 4 is 11.1 Å². The standard InChI is InChI=1S/C10H12N2/c1-7(2)9-5-12-10(6-11-9)8(3)4/h5-6H,1,3H2,2,4H3. The molecule has 0 N–H and O–H groups in total. The highest BCUT2D eigenvalue weighted by Gasteiger charge is 1.97. The Balaban J connectivity index is 3.01. The molecule has 0 aliphatic carbocycles. The first-order valence-electron chi connectivity index (χ1n) is 3.75. The van der Waals surface area contributed by atoms with Crippen LogP contribution in [0.3, 0.4) is 0 Å². The number of rotatable bonds is 2. The average Bonchev–Trinajstić information content (AvgIpc) is 2.04. The molecule has 0 radical (unpaired) electrons. The highest BCUT2D eigenvalue weighted by Crippen LogP contribution is 2.09. The first-order valence-corrected chi connectivity index (χ1v) is 3.75. The summed E-state index contributed by atoms with van der Waals surface area (Å²) in [7, 11) is 0. The van der Waals surface area contributed by atoms with Gasteiger partial charge >= 0.3 is 0 Å². The second kappa shape index (κ2) is 3.30. The average molecular weight is 160 g/mol. The molecule has 1 rings (SSSR count). The Morgan fingerprint density at radius 1 is 1.00 bits per heavy atom. The minimum Gasteiger partial charge on any atom is -0.253 e. The lowest BCUT2D eigenvalue weighted by molar-refractivity contribution is 1.13. The van der Waals surface area contributed by atoms with Crippen molar-refractivity contribution in [1.29, 1.82) is 0 Å². The summed E-state index contributed by atoms with van der Waals surface area (Å²) >= 11 is 0. The zero-order valence-corrected chi connectivity index (χ0v) is 7.46. The Hall–Kier alpha value is -1.44. The fourth-order valence-corrected chi connectivity index (χ4v) is 0.769. The van der Waals surface area contributed by atoms with Gasteiger partial charge in [-0.15, -0.1) is 0 Å². The molecule has 0 aliphatic rings. The predicted octanol–water partition coefficient (Wildman–Crippen LogP) is 2.54. The second-order valence-corrected chi connectivity index (χ2v) is 2.85. The van der Waals surface area contributed by atoms with Crippen LogP contribution in [-0.4, -0.2) is 9.97 Å². The minimum atomic E-state index is 0.833. The van der Waals surface area contributed by atoms with Gasteiger partial charge in [-0.25, -0.2) is 0 Å². The summed E-state index contributed by atoms with van der Waals surface area (Å²) in [6.07, 6.45) is 3.43. The normalized spacial score (nSPS) is 9.50. The molecule has 12 heavy (non-hydrogen) atoms. The number of allylic oxidation sites excluding steroid dienone is 2. The molecule has 0 amide bonds. The van der Waals surface area contributed by atoms with Crippen LogP contribution in [-0.2, 0) is 0 Å². The van der Waals surface area contributed by atoms with Crippen LogP contribution in [0.2, 0.25) is 0 Å². The molecule has 1 aromatic heterocycles. The third kappa shape index (κ3) is 1.78. The number of hydrogen-bond donors (Lipinski definition) is 0. The molecule has 0 atom stereocenters. The fraction of sp³-hybridized carbons (Fsp3) is 0.200. The van der Waals surface area contributed by atoms with Crippen molar-refractivity contribution in [3.63, 3.8) is 0 Å². The van der Waals surface area contributed by atoms with Crippen molar-refractivity contribution in [3.05, 3.63) is 36.9 Å². The lowest BCUT2D eigenvalue weighted by atomic mass is 10.2. The van der Waals surface area contributed by atoms with E-state index in [1.807, 2.05) is 13.8 Å². The Kier molecular flexibility index (Phi) is 2.38. The Labute approximate surface area is 72.7 Å². The third-order valence-corrected chi connectivity index (χ3v) is 1.53. The van der Waals surface area contributed by atoms with Gasteiger partial charge in [-0.2, -0.15) is 0 Å². The molecule has 2 nitrogen and oxygen atoms in total. The molecule has 0 saturated heterocycles. The molecule has 1 heterocycles. The SMILES string of the molecule is C=C(C)c1cnc(C(=C)C)cn1. The first-order chi connectivity index (χ1) is 5.61. The zero-order chi connectivity index (χ0) is 9.14. The lowest BCUT2D eigenvalue weighted by Crippen LogP contribution is -1.91. The van der Waals surface area contributed by atoms with Gasteiger partial charge in [0.2, 0.25) is 0 Å². The summed E-state index contributed by atoms with van der Waals surface area (Å²) < 4.78 is 0. The van der Waals surface area contributed by atoms with Crippen molar-refractivity contribution in [3.8, 4) is 0 Å². The molecule has 0 unspecified atom stereocenters. The fourth-order valence-electron chi connectivity index (χ4n) is 0.769. The third-order valence-electron chi connectivity index (χ3n) is 1.53. The van der Waals surface area contributed by atoms with E-state index in [1.165, 1.54) is 0 Å². The zero-order valence-electron chi connectivity index (χ0n) is 7.46. The molecular weight excluding hydrogens is 148 g/mol. The van der Waals surface area contributed by atoms with Crippen LogP contribution in [0.25, 0.3) is 11.1 Å². The van der Waals surface area contributed by atoms with E-state index in [9.17, 15) is 0 Å². The van der Waals surface area contributed by atoms with Crippen LogP contribution in [0, 0.1) is 0 Å². The van der Waals surface area contributed by atoms with E-state index in [1.54, 1.807) is 12.4 Å². The maximum Gasteiger partial charge on any atom is 0.0836 e. The summed E-state index contributed by atoms with van der Waals surface area (Å²) in [5.74, 6) is 0. The minimum absolute atomic E-state index is 0.833. The van der Waals surface area contributed by atoms with Crippen molar-refractivity contribution < 1.29 is 0 Å². The largest absolute Gasteiger partial charge is 0.253 e. The van der Waals surface area contributed by atoms with Crippen molar-refractivity contribution in [2.45, 2.75) is 13.8 Å². The van der Waals surface area contributed by atoms with Gasteiger partial charge in [0.05, 0.1) is 23.8 Å². The maximum atomic E-state index is 4.18. The molecule has 0 spiro atoms. The van der Waals surface area contributed by atoms with Crippen LogP contribution >= 0.6 is 0 Å². The highest BCUT2D eigenvalue weighted by atomic mass is 14.8. The highest BCUT2D eigenvalue weighted by molar-refractivity contribution is 5.60. The molecular formula is C10H12N2. The van der Waals surface area contributed by atoms with Crippen LogP contribution in [0.15, 0.2) is 25.6 Å². The van der Waals surface area contributed by atoms with Crippen molar-refractivity contribution in [1.82, 2.24) is 9.97 Å². The summed E-state index contributed by atoms with van der Waals surface area (Å²) in [4.78, 5) is 8.35. The summed E-state index contributed by atoms with van der Waals surface area (Å²) in [6, 6.07) is 0. The van der Waals surface area contributed by atoms with Gasteiger partial charge < -0.3 is 0 Å². The van der Waals surface area contributed by atoms with E-state index >= 15 is 0 Å². The van der Waals surface area contributed by atoms with Crippen LogP contribution in [0.1, 0.15) is 25.2 Å². The van der Waals surface area contributed by atoms with Gasteiger partial charge in [0.15, 0.2) is 0 Å². The Morgan fingerprint density at radius 3 is 1.50 bits per heavy atom. The maximum absolute atomic E-state index is 4.18. The molecule has 0 aromatic carbocycles. The second-order valence-electron chi connectivity index (χ2n) is 2.85. The van der Waals surface area contributed by atoms with Crippen molar-refractivity contribution in [2.75, 3.05) is 0 Å². The monoisotopic (exact) mass is 160 g/mol. The van der Waals surface area contributed by atoms with Gasteiger partial charge in [-0.05, 0) is 25.0 Å². The van der Waals surface area contributed by atoms with E-state index in [-0.39, 0.29) is 0 Å². The number of aromatic nitrogens is 2. The molecule has 0 saturated carbocycles. The quantitative estimate of drug-likeness (QED) is 0.664. The van der Waals surface area contributed by atoms with Gasteiger partial charge in [0.25, 0.3) is 0 Å². The van der Waals surface area contributed by atoms with E-state index in [2.05, 4.69) is 23.1 Å². The molecule has 62 valence electrons. The van der Waals surface area contributed by atoms with E-state index in [0.717, 1.165) is 22.5 Å². The van der Waals surface area contributed by atoms with Crippen LogP contribution < -0.4 is 0 Å². The molecule has 0 aliphatic heterocycles. The number of hydrogen-bond acceptors (Lipinski definition) is 2. The molecule has 2 heteroatoms. The number of nitrogens with zero attached hydrogens (tertiary/aromatic N) is 2. The van der Waals surface area contributed by atoms with Gasteiger partial charge in [-0.3, -0.25) is 9.97 Å². The smallest absolute Gasteiger partial charge is 0.0836 e. The van der Waals surface area contributed by atoms with Gasteiger partial charge in [0.1, 0.15) is 0 Å².